The van der Waals surface area contributed by atoms with Crippen molar-refractivity contribution in [3.8, 4) is 0 Å². The minimum absolute atomic E-state index is 0.223. The van der Waals surface area contributed by atoms with Crippen LogP contribution in [0.2, 0.25) is 0 Å². The lowest BCUT2D eigenvalue weighted by Crippen LogP contribution is -2.43. The molecule has 0 aromatic carbocycles. The fourth-order valence-electron chi connectivity index (χ4n) is 1.15. The molecule has 0 aromatic rings. The zero-order valence-corrected chi connectivity index (χ0v) is 10.4. The summed E-state index contributed by atoms with van der Waals surface area (Å²) in [6.45, 7) is 1.98. The number of hydrogen-bond acceptors (Lipinski definition) is 6. The molecule has 16 heavy (non-hydrogen) atoms. The van der Waals surface area contributed by atoms with Crippen molar-refractivity contribution in [1.29, 1.82) is 0 Å². The van der Waals surface area contributed by atoms with E-state index in [-0.39, 0.29) is 12.2 Å². The number of rotatable bonds is 7. The van der Waals surface area contributed by atoms with Crippen molar-refractivity contribution in [2.24, 2.45) is 5.73 Å². The third-order valence-electron chi connectivity index (χ3n) is 2.29. The second kappa shape index (κ2) is 5.92. The highest BCUT2D eigenvalue weighted by Crippen LogP contribution is 2.13. The van der Waals surface area contributed by atoms with Gasteiger partial charge in [-0.15, -0.1) is 0 Å². The summed E-state index contributed by atoms with van der Waals surface area (Å²) in [5, 5.41) is 25.5. The maximum Gasteiger partial charge on any atom is 0.158 e. The van der Waals surface area contributed by atoms with Crippen molar-refractivity contribution in [2.75, 3.05) is 19.0 Å². The average molecular weight is 255 g/mol. The van der Waals surface area contributed by atoms with Crippen molar-refractivity contribution in [2.45, 2.75) is 37.2 Å². The second-order valence-electron chi connectivity index (χ2n) is 4.58. The molecule has 0 saturated heterocycles. The second-order valence-corrected chi connectivity index (χ2v) is 6.92. The van der Waals surface area contributed by atoms with Gasteiger partial charge in [0.1, 0.15) is 5.25 Å². The van der Waals surface area contributed by atoms with Crippen LogP contribution in [-0.2, 0) is 9.84 Å². The molecular weight excluding hydrogens is 234 g/mol. The minimum atomic E-state index is -3.66. The van der Waals surface area contributed by atoms with Gasteiger partial charge in [-0.1, -0.05) is 0 Å². The molecule has 7 heteroatoms. The number of hydrogen-bond donors (Lipinski definition) is 4. The smallest absolute Gasteiger partial charge is 0.158 e. The van der Waals surface area contributed by atoms with Crippen LogP contribution in [0.15, 0.2) is 0 Å². The van der Waals surface area contributed by atoms with Crippen molar-refractivity contribution in [3.63, 3.8) is 0 Å². The van der Waals surface area contributed by atoms with Gasteiger partial charge in [0.25, 0.3) is 0 Å². The fourth-order valence-corrected chi connectivity index (χ4v) is 3.05. The number of aliphatic hydroxyl groups is 3. The number of sulfone groups is 1. The van der Waals surface area contributed by atoms with E-state index in [0.717, 1.165) is 0 Å². The summed E-state index contributed by atoms with van der Waals surface area (Å²) in [7, 11) is -3.66. The Bertz CT molecular complexity index is 296. The summed E-state index contributed by atoms with van der Waals surface area (Å²) >= 11 is 0. The molecule has 2 unspecified atom stereocenters. The van der Waals surface area contributed by atoms with Gasteiger partial charge in [0, 0.05) is 5.54 Å². The zero-order valence-electron chi connectivity index (χ0n) is 9.63. The number of aliphatic hydroxyl groups excluding tert-OH is 3. The van der Waals surface area contributed by atoms with E-state index in [4.69, 9.17) is 15.9 Å². The summed E-state index contributed by atoms with van der Waals surface area (Å²) < 4.78 is 23.4. The minimum Gasteiger partial charge on any atom is -0.395 e. The topological polar surface area (TPSA) is 121 Å². The molecule has 0 fully saturated rings. The summed E-state index contributed by atoms with van der Waals surface area (Å²) in [4.78, 5) is 0. The van der Waals surface area contributed by atoms with Gasteiger partial charge in [0.15, 0.2) is 9.84 Å². The van der Waals surface area contributed by atoms with E-state index in [1.807, 2.05) is 0 Å². The Morgan fingerprint density at radius 1 is 1.25 bits per heavy atom. The van der Waals surface area contributed by atoms with Crippen LogP contribution in [0.4, 0.5) is 0 Å². The van der Waals surface area contributed by atoms with Crippen LogP contribution in [0.25, 0.3) is 0 Å². The van der Waals surface area contributed by atoms with Crippen LogP contribution in [0.1, 0.15) is 20.3 Å². The molecule has 0 amide bonds. The average Bonchev–Trinajstić information content (AvgIpc) is 2.14. The Kier molecular flexibility index (Phi) is 5.85. The molecule has 0 radical (unpaired) electrons. The lowest BCUT2D eigenvalue weighted by Gasteiger charge is -2.23. The summed E-state index contributed by atoms with van der Waals surface area (Å²) in [5.74, 6) is -0.223. The third kappa shape index (κ3) is 5.22. The molecular formula is C9H21NO5S. The standard InChI is InChI=1S/C9H21NO5S/c1-9(2,10)3-4-16(14,15)8(6-12)7(13)5-11/h7-8,11-13H,3-6,10H2,1-2H3. The molecule has 0 bridgehead atoms. The van der Waals surface area contributed by atoms with Crippen molar-refractivity contribution >= 4 is 9.84 Å². The number of nitrogens with two attached hydrogens (primary N) is 1. The molecule has 0 aliphatic rings. The molecule has 98 valence electrons. The molecule has 6 nitrogen and oxygen atoms in total. The van der Waals surface area contributed by atoms with E-state index >= 15 is 0 Å². The highest BCUT2D eigenvalue weighted by molar-refractivity contribution is 7.92. The highest BCUT2D eigenvalue weighted by atomic mass is 32.2. The summed E-state index contributed by atoms with van der Waals surface area (Å²) in [6.07, 6.45) is -1.24. The Morgan fingerprint density at radius 3 is 2.06 bits per heavy atom. The molecule has 5 N–H and O–H groups in total. The van der Waals surface area contributed by atoms with E-state index in [9.17, 15) is 13.5 Å². The van der Waals surface area contributed by atoms with Crippen LogP contribution < -0.4 is 5.73 Å². The fraction of sp³-hybridized carbons (Fsp3) is 1.00. The largest absolute Gasteiger partial charge is 0.395 e. The maximum absolute atomic E-state index is 11.7. The molecule has 0 spiro atoms. The van der Waals surface area contributed by atoms with E-state index in [0.29, 0.717) is 0 Å². The SMILES string of the molecule is CC(C)(N)CCS(=O)(=O)C(CO)C(O)CO. The van der Waals surface area contributed by atoms with Gasteiger partial charge in [-0.25, -0.2) is 8.42 Å². The predicted octanol–water partition coefficient (Wildman–Crippen LogP) is -1.76. The van der Waals surface area contributed by atoms with Crippen LogP contribution >= 0.6 is 0 Å². The molecule has 0 aliphatic carbocycles. The van der Waals surface area contributed by atoms with E-state index in [1.54, 1.807) is 13.8 Å². The third-order valence-corrected chi connectivity index (χ3v) is 4.45. The first-order valence-electron chi connectivity index (χ1n) is 5.04. The van der Waals surface area contributed by atoms with Crippen molar-refractivity contribution in [3.05, 3.63) is 0 Å². The molecule has 0 heterocycles. The van der Waals surface area contributed by atoms with Gasteiger partial charge < -0.3 is 21.1 Å². The predicted molar refractivity (Wildman–Crippen MR) is 60.6 cm³/mol. The Morgan fingerprint density at radius 2 is 1.75 bits per heavy atom. The Balaban J connectivity index is 4.63. The first-order chi connectivity index (χ1) is 7.14. The normalized spacial score (nSPS) is 17.1. The summed E-state index contributed by atoms with van der Waals surface area (Å²) in [6, 6.07) is 0. The zero-order chi connectivity index (χ0) is 13.0. The van der Waals surface area contributed by atoms with E-state index in [1.165, 1.54) is 0 Å². The van der Waals surface area contributed by atoms with Gasteiger partial charge in [0.2, 0.25) is 0 Å². The van der Waals surface area contributed by atoms with Gasteiger partial charge >= 0.3 is 0 Å². The highest BCUT2D eigenvalue weighted by Gasteiger charge is 2.32. The van der Waals surface area contributed by atoms with E-state index in [2.05, 4.69) is 0 Å². The van der Waals surface area contributed by atoms with E-state index < -0.39 is 39.9 Å². The molecule has 0 saturated carbocycles. The summed E-state index contributed by atoms with van der Waals surface area (Å²) in [5.41, 5.74) is 5.03. The van der Waals surface area contributed by atoms with Gasteiger partial charge in [-0.3, -0.25) is 0 Å². The van der Waals surface area contributed by atoms with Gasteiger partial charge in [-0.2, -0.15) is 0 Å². The Hall–Kier alpha value is -0.210. The van der Waals surface area contributed by atoms with Gasteiger partial charge in [0.05, 0.1) is 25.1 Å². The lowest BCUT2D eigenvalue weighted by molar-refractivity contribution is 0.0750. The molecule has 2 atom stereocenters. The van der Waals surface area contributed by atoms with Crippen LogP contribution in [0.5, 0.6) is 0 Å². The quantitative estimate of drug-likeness (QED) is 0.428. The van der Waals surface area contributed by atoms with Crippen molar-refractivity contribution in [1.82, 2.24) is 0 Å². The van der Waals surface area contributed by atoms with Gasteiger partial charge in [-0.05, 0) is 20.3 Å². The van der Waals surface area contributed by atoms with Crippen LogP contribution in [-0.4, -0.2) is 59.6 Å². The maximum atomic E-state index is 11.7. The van der Waals surface area contributed by atoms with Crippen LogP contribution in [0, 0.1) is 0 Å². The molecule has 0 aromatic heterocycles. The first kappa shape index (κ1) is 15.8. The van der Waals surface area contributed by atoms with Crippen molar-refractivity contribution < 1.29 is 23.7 Å². The monoisotopic (exact) mass is 255 g/mol. The lowest BCUT2D eigenvalue weighted by atomic mass is 10.0. The van der Waals surface area contributed by atoms with Crippen LogP contribution in [0.3, 0.4) is 0 Å². The molecule has 0 aliphatic heterocycles. The molecule has 0 rings (SSSR count). The Labute approximate surface area is 96.0 Å². The first-order valence-corrected chi connectivity index (χ1v) is 6.76.